The van der Waals surface area contributed by atoms with Crippen molar-refractivity contribution in [3.8, 4) is 44.5 Å². The number of fused-ring (bicyclic) bond motifs is 5. The maximum absolute atomic E-state index is 6.43. The molecule has 1 aromatic heterocycles. The van der Waals surface area contributed by atoms with E-state index in [-0.39, 0.29) is 10.8 Å². The fraction of sp³-hybridized carbons (Fsp3) is 0.104. The van der Waals surface area contributed by atoms with Crippen LogP contribution in [0, 0.1) is 0 Å². The number of anilines is 3. The summed E-state index contributed by atoms with van der Waals surface area (Å²) in [6.07, 6.45) is 13.6. The summed E-state index contributed by atoms with van der Waals surface area (Å²) in [5.74, 6) is 0.775. The zero-order valence-electron chi connectivity index (χ0n) is 40.4. The Morgan fingerprint density at radius 3 is 1.72 bits per heavy atom. The van der Waals surface area contributed by atoms with Crippen molar-refractivity contribution in [1.29, 1.82) is 0 Å². The molecule has 0 saturated heterocycles. The van der Waals surface area contributed by atoms with Gasteiger partial charge in [-0.05, 0) is 145 Å². The second-order valence-corrected chi connectivity index (χ2v) is 19.1. The van der Waals surface area contributed by atoms with Gasteiger partial charge >= 0.3 is 0 Å². The molecule has 10 rings (SSSR count). The Morgan fingerprint density at radius 1 is 0.551 bits per heavy atom. The number of rotatable bonds is 13. The molecule has 8 aromatic rings. The average molecular weight is 892 g/mol. The van der Waals surface area contributed by atoms with Crippen molar-refractivity contribution in [3.05, 3.63) is 265 Å². The molecule has 0 fully saturated rings. The molecule has 69 heavy (non-hydrogen) atoms. The van der Waals surface area contributed by atoms with E-state index in [1.54, 1.807) is 12.2 Å². The van der Waals surface area contributed by atoms with E-state index in [2.05, 4.69) is 223 Å². The lowest BCUT2D eigenvalue weighted by Gasteiger charge is -2.26. The van der Waals surface area contributed by atoms with Crippen molar-refractivity contribution in [2.75, 3.05) is 4.90 Å². The Hall–Kier alpha value is -8.20. The normalized spacial score (nSPS) is 14.2. The fourth-order valence-electron chi connectivity index (χ4n) is 10.9. The van der Waals surface area contributed by atoms with E-state index in [1.807, 2.05) is 31.2 Å². The van der Waals surface area contributed by atoms with Gasteiger partial charge in [-0.25, -0.2) is 0 Å². The first kappa shape index (κ1) is 44.6. The van der Waals surface area contributed by atoms with Gasteiger partial charge < -0.3 is 9.32 Å². The highest BCUT2D eigenvalue weighted by Gasteiger charge is 2.43. The van der Waals surface area contributed by atoms with Crippen molar-refractivity contribution in [2.45, 2.75) is 45.4 Å². The number of hydrogen-bond donors (Lipinski definition) is 0. The van der Waals surface area contributed by atoms with Crippen LogP contribution in [0.5, 0.6) is 0 Å². The van der Waals surface area contributed by atoms with Crippen LogP contribution < -0.4 is 4.90 Å². The highest BCUT2D eigenvalue weighted by Crippen LogP contribution is 2.58. The highest BCUT2D eigenvalue weighted by molar-refractivity contribution is 6.01. The Kier molecular flexibility index (Phi) is 11.3. The predicted octanol–water partition coefficient (Wildman–Crippen LogP) is 19.0. The molecule has 0 bridgehead atoms. The molecule has 0 unspecified atom stereocenters. The molecule has 1 heterocycles. The molecule has 2 aliphatic rings. The zero-order chi connectivity index (χ0) is 48.2. The fourth-order valence-corrected chi connectivity index (χ4v) is 10.9. The highest BCUT2D eigenvalue weighted by atomic mass is 16.3. The van der Waals surface area contributed by atoms with Crippen LogP contribution in [0.15, 0.2) is 236 Å². The molecule has 2 heteroatoms. The third-order valence-electron chi connectivity index (χ3n) is 14.5. The largest absolute Gasteiger partial charge is 0.455 e. The smallest absolute Gasteiger partial charge is 0.143 e. The van der Waals surface area contributed by atoms with E-state index in [0.29, 0.717) is 0 Å². The molecule has 2 aliphatic carbocycles. The van der Waals surface area contributed by atoms with E-state index in [0.717, 1.165) is 67.2 Å². The average Bonchev–Trinajstić information content (AvgIpc) is 3.94. The third kappa shape index (κ3) is 7.36. The lowest BCUT2D eigenvalue weighted by molar-refractivity contribution is 0.604. The number of allylic oxidation sites excluding steroid dienone is 9. The molecule has 336 valence electrons. The minimum absolute atomic E-state index is 0.233. The summed E-state index contributed by atoms with van der Waals surface area (Å²) in [5, 5.41) is 1.07. The molecule has 0 saturated carbocycles. The summed E-state index contributed by atoms with van der Waals surface area (Å²) in [7, 11) is 0. The quantitative estimate of drug-likeness (QED) is 0.107. The van der Waals surface area contributed by atoms with Gasteiger partial charge in [0.1, 0.15) is 11.3 Å². The van der Waals surface area contributed by atoms with Crippen LogP contribution in [0.1, 0.15) is 68.2 Å². The molecule has 0 atom stereocenters. The Labute approximate surface area is 408 Å². The van der Waals surface area contributed by atoms with Crippen molar-refractivity contribution in [3.63, 3.8) is 0 Å². The summed E-state index contributed by atoms with van der Waals surface area (Å²) < 4.78 is 6.43. The lowest BCUT2D eigenvalue weighted by atomic mass is 9.78. The van der Waals surface area contributed by atoms with E-state index in [1.165, 1.54) is 61.2 Å². The Balaban J connectivity index is 1.05. The Bertz CT molecular complexity index is 3490. The molecular weight excluding hydrogens is 835 g/mol. The molecule has 2 nitrogen and oxygen atoms in total. The maximum atomic E-state index is 6.43. The number of hydrogen-bond acceptors (Lipinski definition) is 2. The first-order valence-corrected chi connectivity index (χ1v) is 23.8. The van der Waals surface area contributed by atoms with Gasteiger partial charge in [0, 0.05) is 44.4 Å². The second-order valence-electron chi connectivity index (χ2n) is 19.1. The van der Waals surface area contributed by atoms with Gasteiger partial charge in [-0.3, -0.25) is 0 Å². The van der Waals surface area contributed by atoms with Crippen molar-refractivity contribution in [2.24, 2.45) is 0 Å². The summed E-state index contributed by atoms with van der Waals surface area (Å²) in [4.78, 5) is 2.34. The number of nitrogens with zero attached hydrogens (tertiary/aromatic N) is 1. The number of benzene rings is 7. The molecular formula is C67H57NO. The summed E-state index contributed by atoms with van der Waals surface area (Å²) in [6, 6.07) is 55.4. The van der Waals surface area contributed by atoms with Crippen LogP contribution >= 0.6 is 0 Å². The van der Waals surface area contributed by atoms with Gasteiger partial charge in [0.2, 0.25) is 0 Å². The van der Waals surface area contributed by atoms with Crippen molar-refractivity contribution >= 4 is 45.8 Å². The van der Waals surface area contributed by atoms with Crippen LogP contribution in [0.4, 0.5) is 17.1 Å². The molecule has 0 aliphatic heterocycles. The van der Waals surface area contributed by atoms with Gasteiger partial charge in [0.05, 0.1) is 0 Å². The first-order valence-electron chi connectivity index (χ1n) is 23.8. The van der Waals surface area contributed by atoms with E-state index >= 15 is 0 Å². The minimum atomic E-state index is -0.284. The lowest BCUT2D eigenvalue weighted by Crippen LogP contribution is -2.17. The third-order valence-corrected chi connectivity index (χ3v) is 14.5. The van der Waals surface area contributed by atoms with Crippen LogP contribution in [-0.4, -0.2) is 0 Å². The summed E-state index contributed by atoms with van der Waals surface area (Å²) >= 11 is 0. The topological polar surface area (TPSA) is 16.4 Å². The van der Waals surface area contributed by atoms with Crippen LogP contribution in [0.25, 0.3) is 73.2 Å². The van der Waals surface area contributed by atoms with E-state index in [9.17, 15) is 0 Å². The molecule has 0 radical (unpaired) electrons. The van der Waals surface area contributed by atoms with Gasteiger partial charge in [-0.1, -0.05) is 200 Å². The zero-order valence-corrected chi connectivity index (χ0v) is 40.4. The second kappa shape index (κ2) is 17.5. The van der Waals surface area contributed by atoms with E-state index in [4.69, 9.17) is 4.42 Å². The van der Waals surface area contributed by atoms with E-state index < -0.39 is 0 Å². The van der Waals surface area contributed by atoms with Crippen LogP contribution in [-0.2, 0) is 10.8 Å². The van der Waals surface area contributed by atoms with Crippen LogP contribution in [0.2, 0.25) is 0 Å². The number of furan rings is 1. The summed E-state index contributed by atoms with van der Waals surface area (Å²) in [5.41, 5.74) is 23.2. The maximum Gasteiger partial charge on any atom is 0.143 e. The number of para-hydroxylation sites is 1. The summed E-state index contributed by atoms with van der Waals surface area (Å²) in [6.45, 7) is 32.5. The first-order chi connectivity index (χ1) is 33.4. The molecule has 7 aromatic carbocycles. The minimum Gasteiger partial charge on any atom is -0.455 e. The van der Waals surface area contributed by atoms with Crippen molar-refractivity contribution < 1.29 is 4.42 Å². The van der Waals surface area contributed by atoms with Gasteiger partial charge in [0.15, 0.2) is 0 Å². The van der Waals surface area contributed by atoms with Crippen LogP contribution in [0.3, 0.4) is 0 Å². The van der Waals surface area contributed by atoms with Gasteiger partial charge in [0.25, 0.3) is 0 Å². The molecule has 0 amide bonds. The Morgan fingerprint density at radius 2 is 1.12 bits per heavy atom. The predicted molar refractivity (Wildman–Crippen MR) is 297 cm³/mol. The SMILES string of the molecule is C=C/C=C\C(=C)C(=C)C1=C(C=C)C(C)(C)c2cc3c(cc21)C(C)(C)c1cccc(-c2ccc(N(c4ccc(-c5ccccc5)cc4)c4ccc(-c5cccc6c(/C=C\C)c(C=C)oc56)cc4)cc2)c1-3. The van der Waals surface area contributed by atoms with Gasteiger partial charge in [-0.15, -0.1) is 0 Å². The molecule has 0 N–H and O–H groups in total. The molecule has 0 spiro atoms. The standard InChI is InChI=1S/C67H57NO/c1-11-15-22-43(5)44(6)63-56-41-61-57(42-60(56)66(7,8)58(63)13-3)64-52(25-20-28-59(64)67(61,9)10)47-31-37-50(38-32-47)68(49-35-29-46(30-36-49)45-23-17-16-18-24-45)51-39-33-48(34-40-51)53-26-19-27-55-54(21-12-2)62(14-4)69-65(53)55/h11-42H,1,3-6H2,2,7-10H3/b21-12-,22-15-. The van der Waals surface area contributed by atoms with Gasteiger partial charge in [-0.2, -0.15) is 0 Å². The monoisotopic (exact) mass is 891 g/mol. The van der Waals surface area contributed by atoms with Crippen molar-refractivity contribution in [1.82, 2.24) is 0 Å².